The third-order valence-electron chi connectivity index (χ3n) is 5.74. The van der Waals surface area contributed by atoms with E-state index in [1.54, 1.807) is 0 Å². The molecule has 2 fully saturated rings. The lowest BCUT2D eigenvalue weighted by Gasteiger charge is -2.21. The highest BCUT2D eigenvalue weighted by molar-refractivity contribution is 5.75. The molecule has 2 aromatic rings. The number of urea groups is 1. The molecule has 4 rings (SSSR count). The number of fused-ring (bicyclic) bond motifs is 1. The van der Waals surface area contributed by atoms with Crippen LogP contribution in [0.1, 0.15) is 5.56 Å². The summed E-state index contributed by atoms with van der Waals surface area (Å²) >= 11 is 0. The topological polar surface area (TPSA) is 35.6 Å². The Morgan fingerprint density at radius 3 is 2.23 bits per heavy atom. The van der Waals surface area contributed by atoms with E-state index in [0.29, 0.717) is 18.4 Å². The largest absolute Gasteiger partial charge is 0.334 e. The number of carbonyl (C=O) groups excluding carboxylic acids is 1. The van der Waals surface area contributed by atoms with Crippen LogP contribution in [0.4, 0.5) is 4.79 Å². The fourth-order valence-electron chi connectivity index (χ4n) is 4.24. The van der Waals surface area contributed by atoms with E-state index >= 15 is 0 Å². The van der Waals surface area contributed by atoms with Gasteiger partial charge < -0.3 is 15.1 Å². The molecular formula is C22H27N3O. The molecule has 3 atom stereocenters. The van der Waals surface area contributed by atoms with Gasteiger partial charge in [0.15, 0.2) is 0 Å². The van der Waals surface area contributed by atoms with Crippen molar-refractivity contribution in [3.05, 3.63) is 60.2 Å². The van der Waals surface area contributed by atoms with Crippen molar-refractivity contribution in [3.63, 3.8) is 0 Å². The van der Waals surface area contributed by atoms with E-state index in [1.807, 2.05) is 23.1 Å². The molecule has 1 N–H and O–H groups in total. The Kier molecular flexibility index (Phi) is 4.68. The van der Waals surface area contributed by atoms with Crippen molar-refractivity contribution >= 4 is 6.03 Å². The summed E-state index contributed by atoms with van der Waals surface area (Å²) in [6.07, 6.45) is 0. The van der Waals surface area contributed by atoms with Crippen molar-refractivity contribution in [3.8, 4) is 11.1 Å². The first-order valence-electron chi connectivity index (χ1n) is 9.43. The minimum absolute atomic E-state index is 0.0768. The van der Waals surface area contributed by atoms with Crippen LogP contribution in [-0.2, 0) is 6.54 Å². The predicted octanol–water partition coefficient (Wildman–Crippen LogP) is 3.30. The monoisotopic (exact) mass is 349 g/mol. The number of piperidine rings is 1. The number of nitrogens with one attached hydrogen (secondary N) is 1. The summed E-state index contributed by atoms with van der Waals surface area (Å²) in [5.41, 5.74) is 3.55. The number of likely N-dealkylation sites (tertiary alicyclic amines) is 1. The molecule has 26 heavy (non-hydrogen) atoms. The maximum atomic E-state index is 12.4. The van der Waals surface area contributed by atoms with E-state index in [2.05, 4.69) is 60.7 Å². The second-order valence-electron chi connectivity index (χ2n) is 7.88. The van der Waals surface area contributed by atoms with E-state index in [-0.39, 0.29) is 6.03 Å². The maximum Gasteiger partial charge on any atom is 0.317 e. The second kappa shape index (κ2) is 7.12. The van der Waals surface area contributed by atoms with Crippen molar-refractivity contribution in [2.75, 3.05) is 33.7 Å². The molecule has 1 heterocycles. The molecule has 0 spiro atoms. The van der Waals surface area contributed by atoms with Crippen molar-refractivity contribution in [1.82, 2.24) is 15.1 Å². The van der Waals surface area contributed by atoms with Crippen LogP contribution in [0.2, 0.25) is 0 Å². The molecule has 1 aliphatic carbocycles. The fraction of sp³-hybridized carbons (Fsp3) is 0.409. The number of benzene rings is 2. The summed E-state index contributed by atoms with van der Waals surface area (Å²) in [4.78, 5) is 16.6. The van der Waals surface area contributed by atoms with Gasteiger partial charge in [-0.15, -0.1) is 0 Å². The van der Waals surface area contributed by atoms with E-state index in [1.165, 1.54) is 11.1 Å². The van der Waals surface area contributed by atoms with Crippen LogP contribution in [0.25, 0.3) is 11.1 Å². The molecule has 2 amide bonds. The molecule has 0 radical (unpaired) electrons. The summed E-state index contributed by atoms with van der Waals surface area (Å²) in [5, 5.41) is 3.07. The average molecular weight is 349 g/mol. The van der Waals surface area contributed by atoms with Crippen molar-refractivity contribution in [2.24, 2.45) is 17.8 Å². The molecule has 1 saturated carbocycles. The Labute approximate surface area is 155 Å². The van der Waals surface area contributed by atoms with Crippen molar-refractivity contribution in [2.45, 2.75) is 6.54 Å². The number of amides is 2. The van der Waals surface area contributed by atoms with Gasteiger partial charge in [-0.25, -0.2) is 4.79 Å². The van der Waals surface area contributed by atoms with Crippen molar-refractivity contribution < 1.29 is 4.79 Å². The van der Waals surface area contributed by atoms with Crippen LogP contribution < -0.4 is 5.32 Å². The van der Waals surface area contributed by atoms with Gasteiger partial charge in [0.05, 0.1) is 0 Å². The van der Waals surface area contributed by atoms with Crippen LogP contribution in [-0.4, -0.2) is 49.6 Å². The minimum Gasteiger partial charge on any atom is -0.334 e. The van der Waals surface area contributed by atoms with E-state index in [0.717, 1.165) is 31.1 Å². The third kappa shape index (κ3) is 3.61. The van der Waals surface area contributed by atoms with Gasteiger partial charge in [0.1, 0.15) is 0 Å². The van der Waals surface area contributed by atoms with Gasteiger partial charge in [-0.2, -0.15) is 0 Å². The smallest absolute Gasteiger partial charge is 0.317 e. The second-order valence-corrected chi connectivity index (χ2v) is 7.88. The highest BCUT2D eigenvalue weighted by atomic mass is 16.2. The molecular weight excluding hydrogens is 322 g/mol. The molecule has 4 nitrogen and oxygen atoms in total. The molecule has 0 aromatic heterocycles. The zero-order valence-electron chi connectivity index (χ0n) is 15.6. The molecule has 1 aliphatic heterocycles. The Morgan fingerprint density at radius 2 is 1.62 bits per heavy atom. The van der Waals surface area contributed by atoms with Crippen LogP contribution in [0.5, 0.6) is 0 Å². The normalized spacial score (nSPS) is 23.8. The van der Waals surface area contributed by atoms with Gasteiger partial charge in [0.2, 0.25) is 0 Å². The van der Waals surface area contributed by atoms with Gasteiger partial charge in [0, 0.05) is 26.2 Å². The Morgan fingerprint density at radius 1 is 1.00 bits per heavy atom. The number of hydrogen-bond acceptors (Lipinski definition) is 2. The molecule has 2 aliphatic rings. The standard InChI is InChI=1S/C22H27N3O/c1-24(2)13-19-20-14-25(15-21(19)20)22(26)23-12-16-8-10-18(11-9-16)17-6-4-3-5-7-17/h3-11,19-21H,12-15H2,1-2H3,(H,23,26)/t19?,20-,21+. The zero-order valence-corrected chi connectivity index (χ0v) is 15.6. The van der Waals surface area contributed by atoms with Gasteiger partial charge in [0.25, 0.3) is 0 Å². The lowest BCUT2D eigenvalue weighted by Crippen LogP contribution is -2.40. The maximum absolute atomic E-state index is 12.4. The van der Waals surface area contributed by atoms with E-state index < -0.39 is 0 Å². The lowest BCUT2D eigenvalue weighted by atomic mass is 10.0. The minimum atomic E-state index is 0.0768. The number of nitrogens with zero attached hydrogens (tertiary/aromatic N) is 2. The first kappa shape index (κ1) is 17.1. The predicted molar refractivity (Wildman–Crippen MR) is 105 cm³/mol. The first-order chi connectivity index (χ1) is 12.6. The van der Waals surface area contributed by atoms with E-state index in [4.69, 9.17) is 0 Å². The third-order valence-corrected chi connectivity index (χ3v) is 5.74. The van der Waals surface area contributed by atoms with Crippen LogP contribution in [0.3, 0.4) is 0 Å². The summed E-state index contributed by atoms with van der Waals surface area (Å²) in [5.74, 6) is 2.22. The van der Waals surface area contributed by atoms with Crippen LogP contribution in [0, 0.1) is 17.8 Å². The molecule has 4 heteroatoms. The molecule has 0 bridgehead atoms. The molecule has 136 valence electrons. The SMILES string of the molecule is CN(C)CC1[C@H]2CN(C(=O)NCc3ccc(-c4ccccc4)cc3)C[C@@H]12. The fourth-order valence-corrected chi connectivity index (χ4v) is 4.24. The highest BCUT2D eigenvalue weighted by Crippen LogP contribution is 2.51. The Hall–Kier alpha value is -2.33. The van der Waals surface area contributed by atoms with Crippen LogP contribution >= 0.6 is 0 Å². The van der Waals surface area contributed by atoms with E-state index in [9.17, 15) is 4.79 Å². The molecule has 2 aromatic carbocycles. The molecule has 1 saturated heterocycles. The van der Waals surface area contributed by atoms with Gasteiger partial charge in [-0.3, -0.25) is 0 Å². The highest BCUT2D eigenvalue weighted by Gasteiger charge is 2.56. The summed E-state index contributed by atoms with van der Waals surface area (Å²) in [6, 6.07) is 18.8. The summed E-state index contributed by atoms with van der Waals surface area (Å²) < 4.78 is 0. The Bertz CT molecular complexity index is 745. The zero-order chi connectivity index (χ0) is 18.1. The number of rotatable bonds is 5. The van der Waals surface area contributed by atoms with Gasteiger partial charge in [-0.1, -0.05) is 54.6 Å². The quantitative estimate of drug-likeness (QED) is 0.899. The van der Waals surface area contributed by atoms with Gasteiger partial charge >= 0.3 is 6.03 Å². The number of carbonyl (C=O) groups is 1. The Balaban J connectivity index is 1.26. The first-order valence-corrected chi connectivity index (χ1v) is 9.43. The van der Waals surface area contributed by atoms with Crippen LogP contribution in [0.15, 0.2) is 54.6 Å². The number of hydrogen-bond donors (Lipinski definition) is 1. The molecule has 1 unspecified atom stereocenters. The van der Waals surface area contributed by atoms with Crippen molar-refractivity contribution in [1.29, 1.82) is 0 Å². The lowest BCUT2D eigenvalue weighted by molar-refractivity contribution is 0.198. The van der Waals surface area contributed by atoms with Gasteiger partial charge in [-0.05, 0) is 48.5 Å². The summed E-state index contributed by atoms with van der Waals surface area (Å²) in [6.45, 7) is 3.57. The average Bonchev–Trinajstić information content (AvgIpc) is 3.09. The summed E-state index contributed by atoms with van der Waals surface area (Å²) in [7, 11) is 4.25.